The Morgan fingerprint density at radius 2 is 1.89 bits per heavy atom. The van der Waals surface area contributed by atoms with E-state index >= 15 is 0 Å². The molecular formula is C13H10F2N2O2. The SMILES string of the molecule is Nc1cc(F)ccc1C(=O)Nc1ccc(O)c(F)c1. The number of amides is 1. The van der Waals surface area contributed by atoms with E-state index in [0.717, 1.165) is 24.3 Å². The first-order chi connectivity index (χ1) is 8.97. The molecule has 0 spiro atoms. The number of hydrogen-bond acceptors (Lipinski definition) is 3. The molecule has 0 bridgehead atoms. The summed E-state index contributed by atoms with van der Waals surface area (Å²) >= 11 is 0. The molecule has 98 valence electrons. The standard InChI is InChI=1S/C13H10F2N2O2/c14-7-1-3-9(11(16)5-7)13(19)17-8-2-4-12(18)10(15)6-8/h1-6,18H,16H2,(H,17,19). The van der Waals surface area contributed by atoms with E-state index in [9.17, 15) is 13.6 Å². The Morgan fingerprint density at radius 1 is 1.16 bits per heavy atom. The second kappa shape index (κ2) is 4.93. The molecule has 0 aliphatic carbocycles. The van der Waals surface area contributed by atoms with Crippen LogP contribution in [0.1, 0.15) is 10.4 Å². The van der Waals surface area contributed by atoms with Gasteiger partial charge in [0, 0.05) is 17.4 Å². The molecule has 2 aromatic carbocycles. The predicted octanol–water partition coefficient (Wildman–Crippen LogP) is 2.50. The van der Waals surface area contributed by atoms with Crippen LogP contribution in [0.15, 0.2) is 36.4 Å². The quantitative estimate of drug-likeness (QED) is 0.576. The van der Waals surface area contributed by atoms with Crippen LogP contribution in [0.5, 0.6) is 5.75 Å². The monoisotopic (exact) mass is 264 g/mol. The molecule has 2 rings (SSSR count). The second-order valence-corrected chi connectivity index (χ2v) is 3.85. The molecule has 0 unspecified atom stereocenters. The zero-order chi connectivity index (χ0) is 14.0. The molecule has 0 saturated carbocycles. The number of aromatic hydroxyl groups is 1. The molecule has 0 atom stereocenters. The number of carbonyl (C=O) groups is 1. The van der Waals surface area contributed by atoms with Gasteiger partial charge in [0.1, 0.15) is 5.82 Å². The van der Waals surface area contributed by atoms with Gasteiger partial charge in [-0.3, -0.25) is 4.79 Å². The minimum absolute atomic E-state index is 0.0169. The number of nitrogens with two attached hydrogens (primary N) is 1. The van der Waals surface area contributed by atoms with Crippen LogP contribution in [0.3, 0.4) is 0 Å². The number of anilines is 2. The lowest BCUT2D eigenvalue weighted by atomic mass is 10.1. The summed E-state index contributed by atoms with van der Waals surface area (Å²) in [6.45, 7) is 0. The number of hydrogen-bond donors (Lipinski definition) is 3. The lowest BCUT2D eigenvalue weighted by Crippen LogP contribution is -2.14. The molecule has 0 fully saturated rings. The number of nitrogen functional groups attached to an aromatic ring is 1. The fraction of sp³-hybridized carbons (Fsp3) is 0. The van der Waals surface area contributed by atoms with Crippen LogP contribution >= 0.6 is 0 Å². The molecule has 1 amide bonds. The molecule has 0 heterocycles. The lowest BCUT2D eigenvalue weighted by molar-refractivity contribution is 0.102. The minimum atomic E-state index is -0.857. The van der Waals surface area contributed by atoms with Gasteiger partial charge in [-0.05, 0) is 30.3 Å². The van der Waals surface area contributed by atoms with Crippen molar-refractivity contribution in [3.05, 3.63) is 53.6 Å². The fourth-order valence-electron chi connectivity index (χ4n) is 1.52. The third kappa shape index (κ3) is 2.79. The van der Waals surface area contributed by atoms with E-state index in [4.69, 9.17) is 10.8 Å². The van der Waals surface area contributed by atoms with Crippen LogP contribution in [0.25, 0.3) is 0 Å². The third-order valence-corrected chi connectivity index (χ3v) is 2.46. The maximum atomic E-state index is 13.1. The van der Waals surface area contributed by atoms with Crippen molar-refractivity contribution in [1.29, 1.82) is 0 Å². The zero-order valence-corrected chi connectivity index (χ0v) is 9.65. The molecule has 0 saturated heterocycles. The number of halogens is 2. The van der Waals surface area contributed by atoms with Crippen molar-refractivity contribution in [2.45, 2.75) is 0 Å². The Balaban J connectivity index is 2.23. The Labute approximate surface area is 107 Å². The average molecular weight is 264 g/mol. The van der Waals surface area contributed by atoms with E-state index in [2.05, 4.69) is 5.32 Å². The molecule has 0 radical (unpaired) electrons. The largest absolute Gasteiger partial charge is 0.505 e. The summed E-state index contributed by atoms with van der Waals surface area (Å²) in [7, 11) is 0. The minimum Gasteiger partial charge on any atom is -0.505 e. The van der Waals surface area contributed by atoms with Crippen LogP contribution in [0, 0.1) is 11.6 Å². The lowest BCUT2D eigenvalue weighted by Gasteiger charge is -2.08. The van der Waals surface area contributed by atoms with Gasteiger partial charge in [0.2, 0.25) is 0 Å². The summed E-state index contributed by atoms with van der Waals surface area (Å²) in [5, 5.41) is 11.4. The van der Waals surface area contributed by atoms with Crippen molar-refractivity contribution >= 4 is 17.3 Å². The van der Waals surface area contributed by atoms with Gasteiger partial charge in [-0.15, -0.1) is 0 Å². The first-order valence-electron chi connectivity index (χ1n) is 5.32. The molecular weight excluding hydrogens is 254 g/mol. The highest BCUT2D eigenvalue weighted by Crippen LogP contribution is 2.21. The number of phenols is 1. The van der Waals surface area contributed by atoms with Crippen LogP contribution in [-0.2, 0) is 0 Å². The van der Waals surface area contributed by atoms with Gasteiger partial charge in [-0.2, -0.15) is 0 Å². The fourth-order valence-corrected chi connectivity index (χ4v) is 1.52. The van der Waals surface area contributed by atoms with E-state index in [-0.39, 0.29) is 16.9 Å². The van der Waals surface area contributed by atoms with Gasteiger partial charge >= 0.3 is 0 Å². The van der Waals surface area contributed by atoms with E-state index in [1.165, 1.54) is 12.1 Å². The normalized spacial score (nSPS) is 10.2. The van der Waals surface area contributed by atoms with Gasteiger partial charge in [0.15, 0.2) is 11.6 Å². The Bertz CT molecular complexity index is 645. The van der Waals surface area contributed by atoms with E-state index in [1.807, 2.05) is 0 Å². The molecule has 19 heavy (non-hydrogen) atoms. The second-order valence-electron chi connectivity index (χ2n) is 3.85. The number of rotatable bonds is 2. The third-order valence-electron chi connectivity index (χ3n) is 2.46. The topological polar surface area (TPSA) is 75.4 Å². The summed E-state index contributed by atoms with van der Waals surface area (Å²) in [4.78, 5) is 11.8. The Morgan fingerprint density at radius 3 is 2.53 bits per heavy atom. The Kier molecular flexibility index (Phi) is 3.33. The summed E-state index contributed by atoms with van der Waals surface area (Å²) in [6, 6.07) is 6.76. The summed E-state index contributed by atoms with van der Waals surface area (Å²) in [5.74, 6) is -2.52. The maximum Gasteiger partial charge on any atom is 0.257 e. The van der Waals surface area contributed by atoms with E-state index < -0.39 is 23.3 Å². The molecule has 2 aromatic rings. The van der Waals surface area contributed by atoms with Gasteiger partial charge in [0.25, 0.3) is 5.91 Å². The van der Waals surface area contributed by atoms with Crippen molar-refractivity contribution in [2.24, 2.45) is 0 Å². The first kappa shape index (κ1) is 12.8. The number of nitrogens with one attached hydrogen (secondary N) is 1. The van der Waals surface area contributed by atoms with Gasteiger partial charge in [-0.25, -0.2) is 8.78 Å². The van der Waals surface area contributed by atoms with Gasteiger partial charge in [0.05, 0.1) is 5.56 Å². The van der Waals surface area contributed by atoms with Crippen LogP contribution in [0.2, 0.25) is 0 Å². The van der Waals surface area contributed by atoms with Crippen molar-refractivity contribution in [1.82, 2.24) is 0 Å². The molecule has 4 N–H and O–H groups in total. The number of carbonyl (C=O) groups excluding carboxylic acids is 1. The molecule has 0 aliphatic heterocycles. The van der Waals surface area contributed by atoms with Crippen molar-refractivity contribution in [3.63, 3.8) is 0 Å². The van der Waals surface area contributed by atoms with Crippen molar-refractivity contribution in [2.75, 3.05) is 11.1 Å². The van der Waals surface area contributed by atoms with E-state index in [0.29, 0.717) is 0 Å². The highest BCUT2D eigenvalue weighted by molar-refractivity contribution is 6.07. The highest BCUT2D eigenvalue weighted by Gasteiger charge is 2.11. The van der Waals surface area contributed by atoms with E-state index in [1.54, 1.807) is 0 Å². The Hall–Kier alpha value is -2.63. The van der Waals surface area contributed by atoms with Gasteiger partial charge in [-0.1, -0.05) is 0 Å². The average Bonchev–Trinajstić information content (AvgIpc) is 2.33. The van der Waals surface area contributed by atoms with Crippen LogP contribution in [-0.4, -0.2) is 11.0 Å². The highest BCUT2D eigenvalue weighted by atomic mass is 19.1. The van der Waals surface area contributed by atoms with Crippen LogP contribution < -0.4 is 11.1 Å². The van der Waals surface area contributed by atoms with Crippen molar-refractivity contribution in [3.8, 4) is 5.75 Å². The van der Waals surface area contributed by atoms with Crippen LogP contribution in [0.4, 0.5) is 20.2 Å². The molecule has 6 heteroatoms. The molecule has 4 nitrogen and oxygen atoms in total. The number of phenolic OH excluding ortho intramolecular Hbond substituents is 1. The van der Waals surface area contributed by atoms with Gasteiger partial charge < -0.3 is 16.2 Å². The summed E-state index contributed by atoms with van der Waals surface area (Å²) < 4.78 is 25.9. The van der Waals surface area contributed by atoms with Crippen molar-refractivity contribution < 1.29 is 18.7 Å². The first-order valence-corrected chi connectivity index (χ1v) is 5.32. The maximum absolute atomic E-state index is 13.1. The number of benzene rings is 2. The smallest absolute Gasteiger partial charge is 0.257 e. The summed E-state index contributed by atoms with van der Waals surface area (Å²) in [6.07, 6.45) is 0. The summed E-state index contributed by atoms with van der Waals surface area (Å²) in [5.41, 5.74) is 5.73. The molecule has 0 aliphatic rings. The molecule has 0 aromatic heterocycles. The predicted molar refractivity (Wildman–Crippen MR) is 66.8 cm³/mol. The zero-order valence-electron chi connectivity index (χ0n) is 9.65.